The molecule has 0 aliphatic rings. The van der Waals surface area contributed by atoms with Gasteiger partial charge in [0.05, 0.1) is 12.3 Å². The van der Waals surface area contributed by atoms with Gasteiger partial charge in [0.25, 0.3) is 0 Å². The second-order valence-corrected chi connectivity index (χ2v) is 4.32. The highest BCUT2D eigenvalue weighted by atomic mass is 16.4. The Balaban J connectivity index is 2.73. The fraction of sp³-hybridized carbons (Fsp3) is 0.455. The monoisotopic (exact) mass is 239 g/mol. The summed E-state index contributed by atoms with van der Waals surface area (Å²) in [5.74, 6) is 0.173. The molecule has 17 heavy (non-hydrogen) atoms. The lowest BCUT2D eigenvalue weighted by Crippen LogP contribution is -2.46. The first-order chi connectivity index (χ1) is 7.89. The maximum absolute atomic E-state index is 11.9. The first-order valence-electron chi connectivity index (χ1n) is 5.22. The third-order valence-electron chi connectivity index (χ3n) is 2.63. The molecule has 0 saturated heterocycles. The van der Waals surface area contributed by atoms with Gasteiger partial charge in [-0.05, 0) is 32.9 Å². The van der Waals surface area contributed by atoms with Crippen molar-refractivity contribution in [3.63, 3.8) is 0 Å². The van der Waals surface area contributed by atoms with Crippen molar-refractivity contribution in [3.05, 3.63) is 24.2 Å². The Morgan fingerprint density at radius 3 is 2.76 bits per heavy atom. The van der Waals surface area contributed by atoms with Gasteiger partial charge in [0.2, 0.25) is 5.91 Å². The van der Waals surface area contributed by atoms with Gasteiger partial charge < -0.3 is 20.7 Å². The molecule has 1 unspecified atom stereocenters. The van der Waals surface area contributed by atoms with Gasteiger partial charge in [0.15, 0.2) is 5.84 Å². The molecule has 1 rings (SSSR count). The molecule has 1 heterocycles. The van der Waals surface area contributed by atoms with Crippen LogP contribution in [0.5, 0.6) is 0 Å². The number of rotatable bonds is 4. The van der Waals surface area contributed by atoms with Gasteiger partial charge in [-0.1, -0.05) is 5.16 Å². The quantitative estimate of drug-likeness (QED) is 0.318. The maximum Gasteiger partial charge on any atom is 0.233 e. The zero-order chi connectivity index (χ0) is 13.1. The van der Waals surface area contributed by atoms with Crippen LogP contribution in [0.1, 0.15) is 32.6 Å². The molecule has 0 saturated carbocycles. The Morgan fingerprint density at radius 1 is 1.65 bits per heavy atom. The Hall–Kier alpha value is -1.98. The van der Waals surface area contributed by atoms with E-state index in [1.807, 2.05) is 0 Å². The third-order valence-corrected chi connectivity index (χ3v) is 2.63. The second-order valence-electron chi connectivity index (χ2n) is 4.32. The van der Waals surface area contributed by atoms with Crippen LogP contribution in [0, 0.1) is 5.41 Å². The average molecular weight is 239 g/mol. The lowest BCUT2D eigenvalue weighted by molar-refractivity contribution is -0.127. The summed E-state index contributed by atoms with van der Waals surface area (Å²) in [5, 5.41) is 14.2. The normalized spacial score (nSPS) is 14.4. The highest BCUT2D eigenvalue weighted by molar-refractivity contribution is 6.05. The lowest BCUT2D eigenvalue weighted by atomic mass is 9.90. The van der Waals surface area contributed by atoms with E-state index in [9.17, 15) is 4.79 Å². The van der Waals surface area contributed by atoms with Crippen molar-refractivity contribution in [2.45, 2.75) is 26.8 Å². The predicted octanol–water partition coefficient (Wildman–Crippen LogP) is 1.23. The van der Waals surface area contributed by atoms with Gasteiger partial charge in [-0.2, -0.15) is 0 Å². The summed E-state index contributed by atoms with van der Waals surface area (Å²) in [7, 11) is 0. The number of amides is 1. The number of nitrogens with zero attached hydrogens (tertiary/aromatic N) is 1. The predicted molar refractivity (Wildman–Crippen MR) is 62.5 cm³/mol. The van der Waals surface area contributed by atoms with Crippen molar-refractivity contribution in [2.75, 3.05) is 0 Å². The third kappa shape index (κ3) is 2.77. The van der Waals surface area contributed by atoms with E-state index in [0.717, 1.165) is 0 Å². The molecular formula is C11H17N3O3. The molecular weight excluding hydrogens is 222 g/mol. The first kappa shape index (κ1) is 13.1. The highest BCUT2D eigenvalue weighted by Gasteiger charge is 2.33. The van der Waals surface area contributed by atoms with Crippen LogP contribution in [0.15, 0.2) is 28.0 Å². The van der Waals surface area contributed by atoms with Crippen LogP contribution < -0.4 is 11.1 Å². The summed E-state index contributed by atoms with van der Waals surface area (Å²) >= 11 is 0. The molecule has 6 heteroatoms. The molecule has 0 spiro atoms. The summed E-state index contributed by atoms with van der Waals surface area (Å²) in [6.07, 6.45) is 1.53. The Bertz CT molecular complexity index is 410. The van der Waals surface area contributed by atoms with Gasteiger partial charge in [-0.3, -0.25) is 4.79 Å². The lowest BCUT2D eigenvalue weighted by Gasteiger charge is -2.23. The van der Waals surface area contributed by atoms with E-state index in [-0.39, 0.29) is 17.8 Å². The Kier molecular flexibility index (Phi) is 3.77. The molecule has 0 aromatic carbocycles. The van der Waals surface area contributed by atoms with Gasteiger partial charge in [0, 0.05) is 0 Å². The van der Waals surface area contributed by atoms with E-state index in [4.69, 9.17) is 15.4 Å². The number of amidine groups is 1. The molecule has 6 nitrogen and oxygen atoms in total. The van der Waals surface area contributed by atoms with E-state index in [1.54, 1.807) is 32.9 Å². The van der Waals surface area contributed by atoms with Crippen LogP contribution in [-0.2, 0) is 4.79 Å². The van der Waals surface area contributed by atoms with Crippen LogP contribution in [0.25, 0.3) is 0 Å². The van der Waals surface area contributed by atoms with E-state index in [2.05, 4.69) is 10.5 Å². The molecule has 4 N–H and O–H groups in total. The van der Waals surface area contributed by atoms with Crippen LogP contribution in [0.3, 0.4) is 0 Å². The molecule has 1 aromatic rings. The van der Waals surface area contributed by atoms with Crippen LogP contribution in [-0.4, -0.2) is 17.0 Å². The minimum atomic E-state index is -1.07. The molecule has 94 valence electrons. The summed E-state index contributed by atoms with van der Waals surface area (Å²) in [4.78, 5) is 11.9. The largest absolute Gasteiger partial charge is 0.467 e. The number of carbonyl (C=O) groups is 1. The number of hydrogen-bond acceptors (Lipinski definition) is 4. The topological polar surface area (TPSA) is 101 Å². The standard InChI is InChI=1S/C11H17N3O3/c1-7(8-5-4-6-17-8)13-10(15)11(2,3)9(12)14-16/h4-7,16H,1-3H3,(H2,12,14)(H,13,15). The SMILES string of the molecule is CC(NC(=O)C(C)(C)C(N)=NO)c1ccco1. The molecule has 0 bridgehead atoms. The van der Waals surface area contributed by atoms with Gasteiger partial charge in [0.1, 0.15) is 11.2 Å². The number of hydrogen-bond donors (Lipinski definition) is 3. The zero-order valence-electron chi connectivity index (χ0n) is 10.1. The highest BCUT2D eigenvalue weighted by Crippen LogP contribution is 2.19. The van der Waals surface area contributed by atoms with Gasteiger partial charge in [-0.15, -0.1) is 0 Å². The van der Waals surface area contributed by atoms with E-state index < -0.39 is 5.41 Å². The van der Waals surface area contributed by atoms with Crippen molar-refractivity contribution in [1.82, 2.24) is 5.32 Å². The van der Waals surface area contributed by atoms with Crippen LogP contribution >= 0.6 is 0 Å². The molecule has 0 fully saturated rings. The van der Waals surface area contributed by atoms with E-state index >= 15 is 0 Å². The summed E-state index contributed by atoms with van der Waals surface area (Å²) < 4.78 is 5.17. The molecule has 0 radical (unpaired) electrons. The number of carbonyl (C=O) groups excluding carboxylic acids is 1. The number of oxime groups is 1. The van der Waals surface area contributed by atoms with E-state index in [0.29, 0.717) is 5.76 Å². The van der Waals surface area contributed by atoms with Crippen molar-refractivity contribution in [3.8, 4) is 0 Å². The number of nitrogens with one attached hydrogen (secondary N) is 1. The minimum absolute atomic E-state index is 0.137. The fourth-order valence-corrected chi connectivity index (χ4v) is 1.23. The van der Waals surface area contributed by atoms with Gasteiger partial charge >= 0.3 is 0 Å². The first-order valence-corrected chi connectivity index (χ1v) is 5.22. The van der Waals surface area contributed by atoms with Crippen molar-refractivity contribution in [2.24, 2.45) is 16.3 Å². The number of furan rings is 1. The van der Waals surface area contributed by atoms with E-state index in [1.165, 1.54) is 6.26 Å². The van der Waals surface area contributed by atoms with Crippen molar-refractivity contribution in [1.29, 1.82) is 0 Å². The van der Waals surface area contributed by atoms with Crippen molar-refractivity contribution >= 4 is 11.7 Å². The summed E-state index contributed by atoms with van der Waals surface area (Å²) in [6.45, 7) is 4.94. The summed E-state index contributed by atoms with van der Waals surface area (Å²) in [5.41, 5.74) is 4.39. The van der Waals surface area contributed by atoms with Crippen LogP contribution in [0.2, 0.25) is 0 Å². The van der Waals surface area contributed by atoms with Crippen molar-refractivity contribution < 1.29 is 14.4 Å². The molecule has 1 atom stereocenters. The smallest absolute Gasteiger partial charge is 0.233 e. The Labute approximate surface area is 99.5 Å². The van der Waals surface area contributed by atoms with Gasteiger partial charge in [-0.25, -0.2) is 0 Å². The minimum Gasteiger partial charge on any atom is -0.467 e. The maximum atomic E-state index is 11.9. The Morgan fingerprint density at radius 2 is 2.29 bits per heavy atom. The van der Waals surface area contributed by atoms with Crippen LogP contribution in [0.4, 0.5) is 0 Å². The average Bonchev–Trinajstić information content (AvgIpc) is 2.81. The summed E-state index contributed by atoms with van der Waals surface area (Å²) in [6, 6.07) is 3.23. The molecule has 1 aromatic heterocycles. The number of nitrogens with two attached hydrogens (primary N) is 1. The second kappa shape index (κ2) is 4.90. The molecule has 0 aliphatic heterocycles. The zero-order valence-corrected chi connectivity index (χ0v) is 10.1. The molecule has 1 amide bonds. The fourth-order valence-electron chi connectivity index (χ4n) is 1.23. The molecule has 0 aliphatic carbocycles.